The number of halogens is 3. The predicted octanol–water partition coefficient (Wildman–Crippen LogP) is 5.44. The van der Waals surface area contributed by atoms with Crippen LogP contribution in [0.2, 0.25) is 5.02 Å². The summed E-state index contributed by atoms with van der Waals surface area (Å²) in [4.78, 5) is 28.1. The molecule has 10 heteroatoms. The van der Waals surface area contributed by atoms with Gasteiger partial charge in [-0.3, -0.25) is 4.79 Å². The van der Waals surface area contributed by atoms with E-state index in [1.165, 1.54) is 29.6 Å². The number of aromatic carboxylic acids is 1. The number of oxazole rings is 1. The lowest BCUT2D eigenvalue weighted by Gasteiger charge is -2.05. The Balaban J connectivity index is 1.70. The third-order valence-corrected chi connectivity index (χ3v) is 5.23. The molecule has 2 aromatic carbocycles. The molecule has 0 bridgehead atoms. The van der Waals surface area contributed by atoms with E-state index in [1.54, 1.807) is 0 Å². The van der Waals surface area contributed by atoms with Gasteiger partial charge in [0.25, 0.3) is 5.89 Å². The predicted molar refractivity (Wildman–Crippen MR) is 104 cm³/mol. The molecule has 0 aliphatic rings. The molecule has 0 aliphatic heterocycles. The molecule has 2 N–H and O–H groups in total. The smallest absolute Gasteiger partial charge is 0.339 e. The first-order valence-corrected chi connectivity index (χ1v) is 9.27. The fourth-order valence-electron chi connectivity index (χ4n) is 2.71. The summed E-state index contributed by atoms with van der Waals surface area (Å²) < 4.78 is 32.7. The van der Waals surface area contributed by atoms with E-state index in [4.69, 9.17) is 16.0 Å². The third-order valence-electron chi connectivity index (χ3n) is 4.02. The van der Waals surface area contributed by atoms with E-state index < -0.39 is 29.4 Å². The van der Waals surface area contributed by atoms with Crippen LogP contribution < -0.4 is 5.32 Å². The molecular formula is C19H9ClF2N2O4S. The minimum absolute atomic E-state index is 0.00409. The summed E-state index contributed by atoms with van der Waals surface area (Å²) in [6.07, 6.45) is 0. The maximum absolute atomic E-state index is 13.8. The normalized spacial score (nSPS) is 11.0. The lowest BCUT2D eigenvalue weighted by atomic mass is 10.0. The van der Waals surface area contributed by atoms with Gasteiger partial charge in [-0.1, -0.05) is 23.7 Å². The van der Waals surface area contributed by atoms with Gasteiger partial charge in [-0.2, -0.15) is 0 Å². The van der Waals surface area contributed by atoms with Crippen molar-refractivity contribution >= 4 is 50.9 Å². The Kier molecular flexibility index (Phi) is 4.77. The molecule has 4 rings (SSSR count). The zero-order valence-corrected chi connectivity index (χ0v) is 15.8. The van der Waals surface area contributed by atoms with Crippen LogP contribution in [0, 0.1) is 11.6 Å². The molecule has 2 aromatic heterocycles. The molecule has 29 heavy (non-hydrogen) atoms. The molecule has 1 amide bonds. The van der Waals surface area contributed by atoms with Crippen LogP contribution >= 0.6 is 22.9 Å². The number of aromatic nitrogens is 1. The van der Waals surface area contributed by atoms with Crippen molar-refractivity contribution in [3.8, 4) is 11.1 Å². The molecule has 0 spiro atoms. The largest absolute Gasteiger partial charge is 0.478 e. The molecular weight excluding hydrogens is 426 g/mol. The standard InChI is InChI=1S/C19H9ClF2N2O4S/c20-10-5-4-8(6-12(10)22)9-7-29-18(14(9)19(26)27)24-16(25)17-23-13-3-1-2-11(21)15(13)28-17/h1-7H,(H,24,25)(H,26,27). The lowest BCUT2D eigenvalue weighted by molar-refractivity contribution is 0.0699. The summed E-state index contributed by atoms with van der Waals surface area (Å²) in [6, 6.07) is 7.93. The highest BCUT2D eigenvalue weighted by Gasteiger charge is 2.24. The quantitative estimate of drug-likeness (QED) is 0.446. The van der Waals surface area contributed by atoms with E-state index in [2.05, 4.69) is 10.3 Å². The van der Waals surface area contributed by atoms with Crippen LogP contribution in [0.25, 0.3) is 22.2 Å². The SMILES string of the molecule is O=C(Nc1scc(-c2ccc(Cl)c(F)c2)c1C(=O)O)c1nc2cccc(F)c2o1. The van der Waals surface area contributed by atoms with Crippen molar-refractivity contribution in [2.24, 2.45) is 0 Å². The second kappa shape index (κ2) is 7.26. The van der Waals surface area contributed by atoms with Crippen LogP contribution in [0.3, 0.4) is 0 Å². The zero-order valence-electron chi connectivity index (χ0n) is 14.2. The number of carbonyl (C=O) groups excluding carboxylic acids is 1. The number of nitrogens with zero attached hydrogens (tertiary/aromatic N) is 1. The summed E-state index contributed by atoms with van der Waals surface area (Å²) in [7, 11) is 0. The Bertz CT molecular complexity index is 1280. The average molecular weight is 435 g/mol. The molecule has 0 saturated carbocycles. The fraction of sp³-hybridized carbons (Fsp3) is 0. The van der Waals surface area contributed by atoms with Crippen molar-refractivity contribution in [3.05, 3.63) is 69.9 Å². The number of nitrogens with one attached hydrogen (secondary N) is 1. The number of benzene rings is 2. The Morgan fingerprint density at radius 3 is 2.66 bits per heavy atom. The van der Waals surface area contributed by atoms with Gasteiger partial charge < -0.3 is 14.8 Å². The Morgan fingerprint density at radius 2 is 1.97 bits per heavy atom. The van der Waals surface area contributed by atoms with Gasteiger partial charge in [-0.05, 0) is 29.8 Å². The van der Waals surface area contributed by atoms with Crippen molar-refractivity contribution in [1.82, 2.24) is 4.98 Å². The third kappa shape index (κ3) is 3.45. The number of amides is 1. The highest BCUT2D eigenvalue weighted by molar-refractivity contribution is 7.15. The number of carbonyl (C=O) groups is 2. The van der Waals surface area contributed by atoms with E-state index in [0.29, 0.717) is 0 Å². The molecule has 0 fully saturated rings. The monoisotopic (exact) mass is 434 g/mol. The van der Waals surface area contributed by atoms with Gasteiger partial charge in [-0.25, -0.2) is 18.6 Å². The van der Waals surface area contributed by atoms with Crippen molar-refractivity contribution in [2.75, 3.05) is 5.32 Å². The van der Waals surface area contributed by atoms with Gasteiger partial charge in [0.1, 0.15) is 21.9 Å². The average Bonchev–Trinajstić information content (AvgIpc) is 3.29. The molecule has 0 unspecified atom stereocenters. The zero-order chi connectivity index (χ0) is 20.7. The van der Waals surface area contributed by atoms with E-state index in [1.807, 2.05) is 0 Å². The van der Waals surface area contributed by atoms with Gasteiger partial charge in [0.05, 0.1) is 5.02 Å². The van der Waals surface area contributed by atoms with Crippen LogP contribution in [0.15, 0.2) is 46.2 Å². The first kappa shape index (κ1) is 19.0. The van der Waals surface area contributed by atoms with Crippen molar-refractivity contribution in [1.29, 1.82) is 0 Å². The van der Waals surface area contributed by atoms with E-state index >= 15 is 0 Å². The molecule has 0 aliphatic carbocycles. The van der Waals surface area contributed by atoms with E-state index in [9.17, 15) is 23.5 Å². The highest BCUT2D eigenvalue weighted by atomic mass is 35.5. The van der Waals surface area contributed by atoms with Gasteiger partial charge >= 0.3 is 11.9 Å². The first-order valence-electron chi connectivity index (χ1n) is 8.01. The van der Waals surface area contributed by atoms with Gasteiger partial charge in [0, 0.05) is 10.9 Å². The molecule has 6 nitrogen and oxygen atoms in total. The number of carboxylic acid groups (broad SMARTS) is 1. The van der Waals surface area contributed by atoms with Crippen molar-refractivity contribution in [3.63, 3.8) is 0 Å². The van der Waals surface area contributed by atoms with Gasteiger partial charge in [-0.15, -0.1) is 11.3 Å². The molecule has 2 heterocycles. The Morgan fingerprint density at radius 1 is 1.17 bits per heavy atom. The van der Waals surface area contributed by atoms with E-state index in [-0.39, 0.29) is 37.8 Å². The highest BCUT2D eigenvalue weighted by Crippen LogP contribution is 2.37. The number of fused-ring (bicyclic) bond motifs is 1. The molecule has 146 valence electrons. The molecule has 0 atom stereocenters. The number of anilines is 1. The second-order valence-electron chi connectivity index (χ2n) is 5.85. The summed E-state index contributed by atoms with van der Waals surface area (Å²) in [5, 5.41) is 13.4. The number of hydrogen-bond donors (Lipinski definition) is 2. The number of rotatable bonds is 4. The summed E-state index contributed by atoms with van der Waals surface area (Å²) >= 11 is 6.60. The second-order valence-corrected chi connectivity index (χ2v) is 7.14. The Labute approximate surface area is 170 Å². The van der Waals surface area contributed by atoms with Crippen LogP contribution in [-0.4, -0.2) is 22.0 Å². The number of para-hydroxylation sites is 1. The molecule has 4 aromatic rings. The number of thiophene rings is 1. The topological polar surface area (TPSA) is 92.4 Å². The van der Waals surface area contributed by atoms with Crippen LogP contribution in [0.4, 0.5) is 13.8 Å². The maximum atomic E-state index is 13.8. The van der Waals surface area contributed by atoms with Gasteiger partial charge in [0.2, 0.25) is 0 Å². The lowest BCUT2D eigenvalue weighted by Crippen LogP contribution is -2.13. The van der Waals surface area contributed by atoms with Crippen LogP contribution in [0.5, 0.6) is 0 Å². The van der Waals surface area contributed by atoms with Gasteiger partial charge in [0.15, 0.2) is 11.4 Å². The molecule has 0 radical (unpaired) electrons. The van der Waals surface area contributed by atoms with Crippen LogP contribution in [-0.2, 0) is 0 Å². The van der Waals surface area contributed by atoms with Crippen LogP contribution in [0.1, 0.15) is 21.0 Å². The first-order chi connectivity index (χ1) is 13.8. The Hall–Kier alpha value is -3.30. The van der Waals surface area contributed by atoms with Crippen molar-refractivity contribution in [2.45, 2.75) is 0 Å². The van der Waals surface area contributed by atoms with E-state index in [0.717, 1.165) is 23.5 Å². The van der Waals surface area contributed by atoms with Crippen molar-refractivity contribution < 1.29 is 27.9 Å². The summed E-state index contributed by atoms with van der Waals surface area (Å²) in [6.45, 7) is 0. The summed E-state index contributed by atoms with van der Waals surface area (Å²) in [5.41, 5.74) is 0.228. The minimum atomic E-state index is -1.32. The fourth-order valence-corrected chi connectivity index (χ4v) is 3.78. The number of carboxylic acids is 1. The maximum Gasteiger partial charge on any atom is 0.339 e. The minimum Gasteiger partial charge on any atom is -0.478 e. The summed E-state index contributed by atoms with van der Waals surface area (Å²) in [5.74, 6) is -3.97. The number of hydrogen-bond acceptors (Lipinski definition) is 5. The molecule has 0 saturated heterocycles.